The number of urea groups is 1. The van der Waals surface area contributed by atoms with Gasteiger partial charge in [0.05, 0.1) is 6.04 Å². The molecule has 0 aromatic heterocycles. The van der Waals surface area contributed by atoms with Gasteiger partial charge in [-0.25, -0.2) is 4.79 Å². The van der Waals surface area contributed by atoms with Crippen LogP contribution in [0.2, 0.25) is 0 Å². The van der Waals surface area contributed by atoms with Crippen LogP contribution in [0.25, 0.3) is 0 Å². The number of amides is 3. The molecule has 0 unspecified atom stereocenters. The fourth-order valence-electron chi connectivity index (χ4n) is 4.37. The quantitative estimate of drug-likeness (QED) is 0.852. The molecule has 1 fully saturated rings. The lowest BCUT2D eigenvalue weighted by molar-refractivity contribution is -0.117. The fourth-order valence-corrected chi connectivity index (χ4v) is 4.37. The average molecular weight is 393 g/mol. The van der Waals surface area contributed by atoms with Crippen LogP contribution < -0.4 is 24.6 Å². The van der Waals surface area contributed by atoms with E-state index in [0.717, 1.165) is 17.8 Å². The third kappa shape index (κ3) is 3.16. The van der Waals surface area contributed by atoms with Crippen LogP contribution in [0.1, 0.15) is 18.9 Å². The number of benzene rings is 2. The monoisotopic (exact) mass is 393 g/mol. The number of rotatable bonds is 2. The van der Waals surface area contributed by atoms with Gasteiger partial charge in [-0.2, -0.15) is 0 Å². The van der Waals surface area contributed by atoms with Crippen molar-refractivity contribution in [2.45, 2.75) is 31.8 Å². The van der Waals surface area contributed by atoms with Gasteiger partial charge in [-0.1, -0.05) is 18.2 Å². The van der Waals surface area contributed by atoms with Crippen molar-refractivity contribution >= 4 is 23.3 Å². The lowest BCUT2D eigenvalue weighted by atomic mass is 10.1. The molecule has 0 saturated carbocycles. The minimum absolute atomic E-state index is 0.0122. The Kier molecular flexibility index (Phi) is 4.30. The standard InChI is InChI=1S/C22H23N3O4/c1-14-10-15-4-2-3-5-18(15)25(14)22(27)23-16-11-21(26)24(13-16)17-6-7-19-20(12-17)29-9-8-28-19/h2-7,12,14,16H,8-11,13H2,1H3,(H,23,27)/t14-,16+/m1/s1. The van der Waals surface area contributed by atoms with Gasteiger partial charge in [0.15, 0.2) is 11.5 Å². The molecule has 0 radical (unpaired) electrons. The Morgan fingerprint density at radius 2 is 1.86 bits per heavy atom. The van der Waals surface area contributed by atoms with E-state index in [4.69, 9.17) is 9.47 Å². The Balaban J connectivity index is 1.29. The number of fused-ring (bicyclic) bond motifs is 2. The third-order valence-electron chi connectivity index (χ3n) is 5.72. The maximum absolute atomic E-state index is 13.0. The summed E-state index contributed by atoms with van der Waals surface area (Å²) in [6.45, 7) is 3.51. The van der Waals surface area contributed by atoms with Crippen LogP contribution >= 0.6 is 0 Å². The Morgan fingerprint density at radius 3 is 2.72 bits per heavy atom. The van der Waals surface area contributed by atoms with Crippen molar-refractivity contribution in [2.75, 3.05) is 29.6 Å². The smallest absolute Gasteiger partial charge is 0.322 e. The van der Waals surface area contributed by atoms with E-state index in [1.54, 1.807) is 9.80 Å². The molecule has 7 heteroatoms. The van der Waals surface area contributed by atoms with E-state index >= 15 is 0 Å². The molecule has 2 aromatic rings. The van der Waals surface area contributed by atoms with Crippen LogP contribution in [0, 0.1) is 0 Å². The average Bonchev–Trinajstić information content (AvgIpc) is 3.26. The van der Waals surface area contributed by atoms with Crippen molar-refractivity contribution in [1.82, 2.24) is 5.32 Å². The van der Waals surface area contributed by atoms with Gasteiger partial charge < -0.3 is 19.7 Å². The second kappa shape index (κ2) is 6.99. The minimum Gasteiger partial charge on any atom is -0.486 e. The first-order valence-electron chi connectivity index (χ1n) is 9.98. The minimum atomic E-state index is -0.233. The number of nitrogens with one attached hydrogen (secondary N) is 1. The number of ether oxygens (including phenoxy) is 2. The second-order valence-corrected chi connectivity index (χ2v) is 7.73. The van der Waals surface area contributed by atoms with E-state index < -0.39 is 0 Å². The Morgan fingerprint density at radius 1 is 1.07 bits per heavy atom. The zero-order chi connectivity index (χ0) is 20.0. The van der Waals surface area contributed by atoms with Crippen LogP contribution in [0.3, 0.4) is 0 Å². The van der Waals surface area contributed by atoms with E-state index in [9.17, 15) is 9.59 Å². The molecule has 0 aliphatic carbocycles. The summed E-state index contributed by atoms with van der Waals surface area (Å²) in [5.41, 5.74) is 2.89. The molecule has 0 bridgehead atoms. The molecule has 7 nitrogen and oxygen atoms in total. The van der Waals surface area contributed by atoms with Gasteiger partial charge in [0.25, 0.3) is 0 Å². The first kappa shape index (κ1) is 17.8. The lowest BCUT2D eigenvalue weighted by Gasteiger charge is -2.25. The largest absolute Gasteiger partial charge is 0.486 e. The summed E-state index contributed by atoms with van der Waals surface area (Å²) >= 11 is 0. The van der Waals surface area contributed by atoms with Crippen LogP contribution in [-0.2, 0) is 11.2 Å². The fraction of sp³-hybridized carbons (Fsp3) is 0.364. The first-order chi connectivity index (χ1) is 14.1. The summed E-state index contributed by atoms with van der Waals surface area (Å²) in [6, 6.07) is 13.2. The number of hydrogen-bond donors (Lipinski definition) is 1. The number of carbonyl (C=O) groups is 2. The molecule has 0 spiro atoms. The topological polar surface area (TPSA) is 71.1 Å². The number of nitrogens with zero attached hydrogens (tertiary/aromatic N) is 2. The summed E-state index contributed by atoms with van der Waals surface area (Å²) in [6.07, 6.45) is 1.13. The number of anilines is 2. The van der Waals surface area contributed by atoms with Crippen molar-refractivity contribution < 1.29 is 19.1 Å². The molecule has 3 heterocycles. The summed E-state index contributed by atoms with van der Waals surface area (Å²) in [4.78, 5) is 29.1. The predicted molar refractivity (Wildman–Crippen MR) is 109 cm³/mol. The molecule has 2 aromatic carbocycles. The Labute approximate surface area is 169 Å². The van der Waals surface area contributed by atoms with E-state index in [-0.39, 0.29) is 30.4 Å². The summed E-state index contributed by atoms with van der Waals surface area (Å²) in [5, 5.41) is 3.05. The highest BCUT2D eigenvalue weighted by Gasteiger charge is 2.36. The van der Waals surface area contributed by atoms with Gasteiger partial charge in [0.2, 0.25) is 5.91 Å². The SMILES string of the molecule is C[C@@H]1Cc2ccccc2N1C(=O)N[C@H]1CC(=O)N(c2ccc3c(c2)OCCO3)C1. The Hall–Kier alpha value is -3.22. The highest BCUT2D eigenvalue weighted by Crippen LogP contribution is 2.35. The van der Waals surface area contributed by atoms with Crippen LogP contribution in [0.5, 0.6) is 11.5 Å². The van der Waals surface area contributed by atoms with Crippen molar-refractivity contribution in [3.05, 3.63) is 48.0 Å². The molecule has 3 amide bonds. The molecule has 1 N–H and O–H groups in total. The van der Waals surface area contributed by atoms with Gasteiger partial charge in [0, 0.05) is 36.4 Å². The maximum Gasteiger partial charge on any atom is 0.322 e. The maximum atomic E-state index is 13.0. The van der Waals surface area contributed by atoms with Crippen LogP contribution in [0.15, 0.2) is 42.5 Å². The van der Waals surface area contributed by atoms with Gasteiger partial charge in [0.1, 0.15) is 13.2 Å². The molecular weight excluding hydrogens is 370 g/mol. The predicted octanol–water partition coefficient (Wildman–Crippen LogP) is 2.72. The zero-order valence-corrected chi connectivity index (χ0v) is 16.3. The summed E-state index contributed by atoms with van der Waals surface area (Å²) in [5.74, 6) is 1.33. The van der Waals surface area contributed by atoms with Gasteiger partial charge >= 0.3 is 6.03 Å². The number of hydrogen-bond acceptors (Lipinski definition) is 4. The van der Waals surface area contributed by atoms with Crippen molar-refractivity contribution in [3.63, 3.8) is 0 Å². The van der Waals surface area contributed by atoms with Gasteiger partial charge in [-0.15, -0.1) is 0 Å². The van der Waals surface area contributed by atoms with Crippen LogP contribution in [-0.4, -0.2) is 43.8 Å². The van der Waals surface area contributed by atoms with E-state index in [2.05, 4.69) is 11.4 Å². The summed E-state index contributed by atoms with van der Waals surface area (Å²) in [7, 11) is 0. The molecular formula is C22H23N3O4. The van der Waals surface area contributed by atoms with E-state index in [1.807, 2.05) is 43.3 Å². The van der Waals surface area contributed by atoms with Gasteiger partial charge in [-0.3, -0.25) is 9.69 Å². The molecule has 3 aliphatic rings. The molecule has 3 aliphatic heterocycles. The lowest BCUT2D eigenvalue weighted by Crippen LogP contribution is -2.48. The highest BCUT2D eigenvalue weighted by molar-refractivity contribution is 5.99. The molecule has 29 heavy (non-hydrogen) atoms. The van der Waals surface area contributed by atoms with Crippen molar-refractivity contribution in [2.24, 2.45) is 0 Å². The van der Waals surface area contributed by atoms with Gasteiger partial charge in [-0.05, 0) is 37.1 Å². The third-order valence-corrected chi connectivity index (χ3v) is 5.72. The first-order valence-corrected chi connectivity index (χ1v) is 9.98. The highest BCUT2D eigenvalue weighted by atomic mass is 16.6. The number of carbonyl (C=O) groups excluding carboxylic acids is 2. The number of para-hydroxylation sites is 1. The Bertz CT molecular complexity index is 976. The van der Waals surface area contributed by atoms with E-state index in [1.165, 1.54) is 5.56 Å². The molecule has 1 saturated heterocycles. The zero-order valence-electron chi connectivity index (χ0n) is 16.3. The van der Waals surface area contributed by atoms with E-state index in [0.29, 0.717) is 31.3 Å². The normalized spacial score (nSPS) is 22.6. The second-order valence-electron chi connectivity index (χ2n) is 7.73. The van der Waals surface area contributed by atoms with Crippen LogP contribution in [0.4, 0.5) is 16.2 Å². The van der Waals surface area contributed by atoms with Crippen molar-refractivity contribution in [3.8, 4) is 11.5 Å². The molecule has 5 rings (SSSR count). The molecule has 2 atom stereocenters. The van der Waals surface area contributed by atoms with Crippen molar-refractivity contribution in [1.29, 1.82) is 0 Å². The molecule has 150 valence electrons. The summed E-state index contributed by atoms with van der Waals surface area (Å²) < 4.78 is 11.2.